The van der Waals surface area contributed by atoms with Crippen molar-refractivity contribution in [2.45, 2.75) is 51.7 Å². The molecule has 0 aromatic heterocycles. The summed E-state index contributed by atoms with van der Waals surface area (Å²) < 4.78 is 5.73. The van der Waals surface area contributed by atoms with Gasteiger partial charge in [0, 0.05) is 26.2 Å². The van der Waals surface area contributed by atoms with Gasteiger partial charge in [-0.25, -0.2) is 0 Å². The molecule has 138 valence electrons. The Kier molecular flexibility index (Phi) is 11.4. The van der Waals surface area contributed by atoms with E-state index in [0.717, 1.165) is 57.8 Å². The maximum absolute atomic E-state index is 12.5. The monoisotopic (exact) mass is 369 g/mol. The summed E-state index contributed by atoms with van der Waals surface area (Å²) >= 11 is 0. The average Bonchev–Trinajstić information content (AvgIpc) is 3.01. The normalized spacial score (nSPS) is 25.1. The number of piperidine rings is 1. The minimum atomic E-state index is -0.238. The maximum atomic E-state index is 12.5. The van der Waals surface area contributed by atoms with Gasteiger partial charge in [0.15, 0.2) is 0 Å². The van der Waals surface area contributed by atoms with E-state index in [4.69, 9.17) is 10.5 Å². The van der Waals surface area contributed by atoms with Crippen LogP contribution < -0.4 is 5.73 Å². The molecule has 0 bridgehead atoms. The molecular formula is C16H33Cl2N3O2. The zero-order valence-electron chi connectivity index (χ0n) is 14.4. The second kappa shape index (κ2) is 11.5. The predicted molar refractivity (Wildman–Crippen MR) is 98.5 cm³/mol. The first-order valence-electron chi connectivity index (χ1n) is 8.54. The smallest absolute Gasteiger partial charge is 0.251 e. The van der Waals surface area contributed by atoms with Crippen molar-refractivity contribution >= 4 is 30.7 Å². The van der Waals surface area contributed by atoms with Crippen LogP contribution >= 0.6 is 24.8 Å². The molecule has 23 heavy (non-hydrogen) atoms. The molecule has 2 fully saturated rings. The number of carbonyl (C=O) groups is 1. The van der Waals surface area contributed by atoms with Crippen LogP contribution in [-0.2, 0) is 9.53 Å². The lowest BCUT2D eigenvalue weighted by Crippen LogP contribution is -2.45. The number of amides is 1. The summed E-state index contributed by atoms with van der Waals surface area (Å²) in [5.41, 5.74) is 5.61. The predicted octanol–water partition coefficient (Wildman–Crippen LogP) is 1.92. The van der Waals surface area contributed by atoms with Gasteiger partial charge in [-0.1, -0.05) is 13.8 Å². The highest BCUT2D eigenvalue weighted by molar-refractivity contribution is 5.85. The summed E-state index contributed by atoms with van der Waals surface area (Å²) in [5, 5.41) is 0. The Morgan fingerprint density at radius 1 is 1.13 bits per heavy atom. The fourth-order valence-electron chi connectivity index (χ4n) is 3.45. The SMILES string of the molecule is CCN(CC)CC1CCN(C(=O)[C@@H]2CC[C@H](CN)O2)CC1.Cl.Cl. The van der Waals surface area contributed by atoms with Crippen molar-refractivity contribution in [1.82, 2.24) is 9.80 Å². The van der Waals surface area contributed by atoms with Gasteiger partial charge in [0.2, 0.25) is 0 Å². The molecule has 0 aliphatic carbocycles. The highest BCUT2D eigenvalue weighted by Gasteiger charge is 2.34. The molecule has 0 unspecified atom stereocenters. The Bertz CT molecular complexity index is 335. The molecule has 2 aliphatic heterocycles. The van der Waals surface area contributed by atoms with Gasteiger partial charge in [-0.05, 0) is 44.7 Å². The number of rotatable bonds is 6. The minimum Gasteiger partial charge on any atom is -0.364 e. The molecule has 5 nitrogen and oxygen atoms in total. The molecule has 2 atom stereocenters. The summed E-state index contributed by atoms with van der Waals surface area (Å²) in [7, 11) is 0. The lowest BCUT2D eigenvalue weighted by Gasteiger charge is -2.35. The van der Waals surface area contributed by atoms with Gasteiger partial charge < -0.3 is 20.3 Å². The molecule has 0 spiro atoms. The first kappa shape index (κ1) is 22.9. The molecule has 1 amide bonds. The number of likely N-dealkylation sites (tertiary alicyclic amines) is 1. The van der Waals surface area contributed by atoms with Crippen LogP contribution in [0.15, 0.2) is 0 Å². The summed E-state index contributed by atoms with van der Waals surface area (Å²) in [6.07, 6.45) is 3.84. The molecule has 2 heterocycles. The van der Waals surface area contributed by atoms with E-state index in [1.807, 2.05) is 4.90 Å². The van der Waals surface area contributed by atoms with Gasteiger partial charge >= 0.3 is 0 Å². The highest BCUT2D eigenvalue weighted by atomic mass is 35.5. The number of ether oxygens (including phenoxy) is 1. The van der Waals surface area contributed by atoms with Crippen molar-refractivity contribution < 1.29 is 9.53 Å². The number of nitrogens with zero attached hydrogens (tertiary/aromatic N) is 2. The Hall–Kier alpha value is -0.0700. The molecular weight excluding hydrogens is 337 g/mol. The van der Waals surface area contributed by atoms with Crippen molar-refractivity contribution in [3.8, 4) is 0 Å². The zero-order chi connectivity index (χ0) is 15.2. The molecule has 0 aromatic rings. The Balaban J connectivity index is 0.00000242. The quantitative estimate of drug-likeness (QED) is 0.776. The van der Waals surface area contributed by atoms with Crippen LogP contribution in [0, 0.1) is 5.92 Å². The van der Waals surface area contributed by atoms with E-state index >= 15 is 0 Å². The van der Waals surface area contributed by atoms with Crippen LogP contribution in [0.4, 0.5) is 0 Å². The highest BCUT2D eigenvalue weighted by Crippen LogP contribution is 2.24. The second-order valence-corrected chi connectivity index (χ2v) is 6.31. The summed E-state index contributed by atoms with van der Waals surface area (Å²) in [6, 6.07) is 0. The van der Waals surface area contributed by atoms with Gasteiger partial charge in [0.05, 0.1) is 6.10 Å². The van der Waals surface area contributed by atoms with Gasteiger partial charge in [0.1, 0.15) is 6.10 Å². The Labute approximate surface area is 153 Å². The lowest BCUT2D eigenvalue weighted by atomic mass is 9.95. The van der Waals surface area contributed by atoms with Crippen LogP contribution in [0.1, 0.15) is 39.5 Å². The van der Waals surface area contributed by atoms with Gasteiger partial charge in [-0.3, -0.25) is 4.79 Å². The van der Waals surface area contributed by atoms with Crippen LogP contribution in [0.25, 0.3) is 0 Å². The van der Waals surface area contributed by atoms with Crippen molar-refractivity contribution in [2.75, 3.05) is 39.3 Å². The van der Waals surface area contributed by atoms with Gasteiger partial charge in [-0.15, -0.1) is 24.8 Å². The van der Waals surface area contributed by atoms with Crippen molar-refractivity contribution in [3.63, 3.8) is 0 Å². The minimum absolute atomic E-state index is 0. The van der Waals surface area contributed by atoms with Crippen LogP contribution in [-0.4, -0.2) is 67.2 Å². The summed E-state index contributed by atoms with van der Waals surface area (Å²) in [5.74, 6) is 0.919. The molecule has 2 saturated heterocycles. The van der Waals surface area contributed by atoms with E-state index in [1.54, 1.807) is 0 Å². The topological polar surface area (TPSA) is 58.8 Å². The van der Waals surface area contributed by atoms with E-state index in [0.29, 0.717) is 6.54 Å². The fourth-order valence-corrected chi connectivity index (χ4v) is 3.45. The molecule has 0 saturated carbocycles. The molecule has 2 rings (SSSR count). The van der Waals surface area contributed by atoms with E-state index in [2.05, 4.69) is 18.7 Å². The first-order chi connectivity index (χ1) is 10.2. The molecule has 0 radical (unpaired) electrons. The standard InChI is InChI=1S/C16H31N3O2.2ClH/c1-3-18(4-2)12-13-7-9-19(10-8-13)16(20)15-6-5-14(11-17)21-15;;/h13-15H,3-12,17H2,1-2H3;2*1H/t14-,15+;;/m1../s1. The van der Waals surface area contributed by atoms with E-state index in [9.17, 15) is 4.79 Å². The zero-order valence-corrected chi connectivity index (χ0v) is 16.0. The number of hydrogen-bond donors (Lipinski definition) is 1. The number of halogens is 2. The first-order valence-corrected chi connectivity index (χ1v) is 8.54. The summed E-state index contributed by atoms with van der Waals surface area (Å²) in [6.45, 7) is 10.1. The van der Waals surface area contributed by atoms with Crippen molar-refractivity contribution in [1.29, 1.82) is 0 Å². The van der Waals surface area contributed by atoms with Crippen LogP contribution in [0.5, 0.6) is 0 Å². The van der Waals surface area contributed by atoms with Crippen LogP contribution in [0.2, 0.25) is 0 Å². The maximum Gasteiger partial charge on any atom is 0.251 e. The third-order valence-electron chi connectivity index (χ3n) is 4.98. The second-order valence-electron chi connectivity index (χ2n) is 6.31. The van der Waals surface area contributed by atoms with E-state index < -0.39 is 0 Å². The third-order valence-corrected chi connectivity index (χ3v) is 4.98. The largest absolute Gasteiger partial charge is 0.364 e. The molecule has 7 heteroatoms. The van der Waals surface area contributed by atoms with Crippen molar-refractivity contribution in [2.24, 2.45) is 11.7 Å². The van der Waals surface area contributed by atoms with E-state index in [1.165, 1.54) is 6.54 Å². The van der Waals surface area contributed by atoms with Crippen LogP contribution in [0.3, 0.4) is 0 Å². The third kappa shape index (κ3) is 6.39. The van der Waals surface area contributed by atoms with Gasteiger partial charge in [-0.2, -0.15) is 0 Å². The number of hydrogen-bond acceptors (Lipinski definition) is 4. The van der Waals surface area contributed by atoms with Gasteiger partial charge in [0.25, 0.3) is 5.91 Å². The Morgan fingerprint density at radius 2 is 1.74 bits per heavy atom. The number of carbonyl (C=O) groups excluding carboxylic acids is 1. The molecule has 2 aliphatic rings. The number of nitrogens with two attached hydrogens (primary N) is 1. The molecule has 0 aromatic carbocycles. The summed E-state index contributed by atoms with van der Waals surface area (Å²) in [4.78, 5) is 16.9. The Morgan fingerprint density at radius 3 is 2.22 bits per heavy atom. The average molecular weight is 370 g/mol. The van der Waals surface area contributed by atoms with E-state index in [-0.39, 0.29) is 42.9 Å². The fraction of sp³-hybridized carbons (Fsp3) is 0.938. The molecule has 2 N–H and O–H groups in total. The lowest BCUT2D eigenvalue weighted by molar-refractivity contribution is -0.144. The van der Waals surface area contributed by atoms with Crippen molar-refractivity contribution in [3.05, 3.63) is 0 Å².